The number of hydrogen-bond donors (Lipinski definition) is 0. The van der Waals surface area contributed by atoms with Crippen molar-refractivity contribution in [2.45, 2.75) is 13.3 Å². The van der Waals surface area contributed by atoms with Gasteiger partial charge in [0.15, 0.2) is 0 Å². The summed E-state index contributed by atoms with van der Waals surface area (Å²) in [5.74, 6) is -0.187. The molecule has 1 fully saturated rings. The molecule has 2 amide bonds. The van der Waals surface area contributed by atoms with E-state index in [0.29, 0.717) is 30.8 Å². The van der Waals surface area contributed by atoms with Gasteiger partial charge in [0, 0.05) is 30.8 Å². The lowest BCUT2D eigenvalue weighted by Gasteiger charge is -2.22. The van der Waals surface area contributed by atoms with Crippen molar-refractivity contribution < 1.29 is 9.59 Å². The van der Waals surface area contributed by atoms with E-state index >= 15 is 0 Å². The lowest BCUT2D eigenvalue weighted by molar-refractivity contribution is -0.130. The molecule has 1 saturated heterocycles. The Hall–Kier alpha value is -3.13. The highest BCUT2D eigenvalue weighted by molar-refractivity contribution is 6.02. The first-order chi connectivity index (χ1) is 12.7. The molecule has 0 radical (unpaired) electrons. The maximum atomic E-state index is 13.2. The molecule has 0 saturated carbocycles. The summed E-state index contributed by atoms with van der Waals surface area (Å²) in [6.07, 6.45) is 0.766. The zero-order chi connectivity index (χ0) is 18.5. The Balaban J connectivity index is 1.96. The molecule has 0 bridgehead atoms. The second-order valence-corrected chi connectivity index (χ2v) is 6.26. The third-order valence-corrected chi connectivity index (χ3v) is 4.70. The molecular formula is C21H21N3O2. The number of carbonyl (C=O) groups excluding carboxylic acids is 2. The minimum atomic E-state index is -0.167. The van der Waals surface area contributed by atoms with Gasteiger partial charge >= 0.3 is 0 Å². The number of carbonyl (C=O) groups is 2. The summed E-state index contributed by atoms with van der Waals surface area (Å²) in [5.41, 5.74) is 2.50. The molecule has 0 aromatic heterocycles. The summed E-state index contributed by atoms with van der Waals surface area (Å²) >= 11 is 0. The summed E-state index contributed by atoms with van der Waals surface area (Å²) < 4.78 is 0. The molecule has 0 atom stereocenters. The van der Waals surface area contributed by atoms with E-state index in [-0.39, 0.29) is 18.4 Å². The van der Waals surface area contributed by atoms with Gasteiger partial charge in [0.2, 0.25) is 5.91 Å². The summed E-state index contributed by atoms with van der Waals surface area (Å²) in [7, 11) is 0. The SMILES string of the molecule is CCN1CCCN(C(=O)c2ccccc2-c2ccccc2C#N)CC1=O. The monoisotopic (exact) mass is 347 g/mol. The average molecular weight is 347 g/mol. The van der Waals surface area contributed by atoms with Crippen LogP contribution in [0, 0.1) is 11.3 Å². The maximum Gasteiger partial charge on any atom is 0.254 e. The van der Waals surface area contributed by atoms with Crippen LogP contribution in [0.3, 0.4) is 0 Å². The molecule has 5 heteroatoms. The Morgan fingerprint density at radius 1 is 1.08 bits per heavy atom. The number of amides is 2. The third-order valence-electron chi connectivity index (χ3n) is 4.70. The number of rotatable bonds is 3. The predicted molar refractivity (Wildman–Crippen MR) is 99.4 cm³/mol. The van der Waals surface area contributed by atoms with Crippen molar-refractivity contribution >= 4 is 11.8 Å². The van der Waals surface area contributed by atoms with Crippen LogP contribution >= 0.6 is 0 Å². The van der Waals surface area contributed by atoms with Crippen molar-refractivity contribution in [1.82, 2.24) is 9.80 Å². The molecule has 1 aliphatic heterocycles. The smallest absolute Gasteiger partial charge is 0.254 e. The molecular weight excluding hydrogens is 326 g/mol. The van der Waals surface area contributed by atoms with Crippen molar-refractivity contribution in [3.63, 3.8) is 0 Å². The van der Waals surface area contributed by atoms with Crippen LogP contribution in [0.4, 0.5) is 0 Å². The van der Waals surface area contributed by atoms with Crippen molar-refractivity contribution in [3.05, 3.63) is 59.7 Å². The Labute approximate surface area is 153 Å². The Bertz CT molecular complexity index is 870. The number of likely N-dealkylation sites (N-methyl/N-ethyl adjacent to an activating group) is 1. The summed E-state index contributed by atoms with van der Waals surface area (Å²) in [6, 6.07) is 16.7. The molecule has 132 valence electrons. The van der Waals surface area contributed by atoms with Crippen LogP contribution in [0.25, 0.3) is 11.1 Å². The molecule has 2 aromatic rings. The van der Waals surface area contributed by atoms with E-state index in [0.717, 1.165) is 17.5 Å². The number of benzene rings is 2. The van der Waals surface area contributed by atoms with Crippen LogP contribution in [0.2, 0.25) is 0 Å². The Kier molecular flexibility index (Phi) is 5.33. The van der Waals surface area contributed by atoms with Crippen LogP contribution in [-0.2, 0) is 4.79 Å². The largest absolute Gasteiger partial charge is 0.341 e. The van der Waals surface area contributed by atoms with Crippen LogP contribution in [0.15, 0.2) is 48.5 Å². The predicted octanol–water partition coefficient (Wildman–Crippen LogP) is 2.92. The molecule has 0 unspecified atom stereocenters. The molecule has 0 N–H and O–H groups in total. The van der Waals surface area contributed by atoms with Gasteiger partial charge in [0.25, 0.3) is 5.91 Å². The van der Waals surface area contributed by atoms with E-state index in [9.17, 15) is 14.9 Å². The molecule has 3 rings (SSSR count). The highest BCUT2D eigenvalue weighted by Gasteiger charge is 2.26. The van der Waals surface area contributed by atoms with Crippen molar-refractivity contribution in [2.75, 3.05) is 26.2 Å². The molecule has 1 aliphatic rings. The minimum Gasteiger partial charge on any atom is -0.341 e. The highest BCUT2D eigenvalue weighted by atomic mass is 16.2. The van der Waals surface area contributed by atoms with E-state index in [1.807, 2.05) is 37.3 Å². The van der Waals surface area contributed by atoms with Crippen molar-refractivity contribution in [2.24, 2.45) is 0 Å². The number of nitrogens with zero attached hydrogens (tertiary/aromatic N) is 3. The van der Waals surface area contributed by atoms with Crippen LogP contribution in [0.1, 0.15) is 29.3 Å². The van der Waals surface area contributed by atoms with Gasteiger partial charge in [-0.15, -0.1) is 0 Å². The van der Waals surface area contributed by atoms with E-state index in [2.05, 4.69) is 6.07 Å². The van der Waals surface area contributed by atoms with Gasteiger partial charge in [-0.3, -0.25) is 9.59 Å². The quantitative estimate of drug-likeness (QED) is 0.857. The fraction of sp³-hybridized carbons (Fsp3) is 0.286. The van der Waals surface area contributed by atoms with Gasteiger partial charge < -0.3 is 9.80 Å². The topological polar surface area (TPSA) is 64.4 Å². The first-order valence-corrected chi connectivity index (χ1v) is 8.81. The Morgan fingerprint density at radius 3 is 2.50 bits per heavy atom. The summed E-state index contributed by atoms with van der Waals surface area (Å²) in [4.78, 5) is 28.9. The highest BCUT2D eigenvalue weighted by Crippen LogP contribution is 2.28. The lowest BCUT2D eigenvalue weighted by Crippen LogP contribution is -2.39. The normalized spacial score (nSPS) is 14.7. The molecule has 0 spiro atoms. The van der Waals surface area contributed by atoms with Gasteiger partial charge in [-0.25, -0.2) is 0 Å². The molecule has 1 heterocycles. The zero-order valence-electron chi connectivity index (χ0n) is 14.8. The average Bonchev–Trinajstić information content (AvgIpc) is 2.88. The van der Waals surface area contributed by atoms with Crippen molar-refractivity contribution in [1.29, 1.82) is 5.26 Å². The zero-order valence-corrected chi connectivity index (χ0v) is 14.8. The summed E-state index contributed by atoms with van der Waals surface area (Å²) in [6.45, 7) is 3.94. The Morgan fingerprint density at radius 2 is 1.77 bits per heavy atom. The second-order valence-electron chi connectivity index (χ2n) is 6.26. The molecule has 2 aromatic carbocycles. The van der Waals surface area contributed by atoms with Crippen LogP contribution < -0.4 is 0 Å². The van der Waals surface area contributed by atoms with Gasteiger partial charge in [-0.1, -0.05) is 36.4 Å². The van der Waals surface area contributed by atoms with E-state index in [4.69, 9.17) is 0 Å². The van der Waals surface area contributed by atoms with Gasteiger partial charge in [0.1, 0.15) is 6.54 Å². The summed E-state index contributed by atoms with van der Waals surface area (Å²) in [5, 5.41) is 9.39. The van der Waals surface area contributed by atoms with Gasteiger partial charge in [0.05, 0.1) is 11.6 Å². The third kappa shape index (κ3) is 3.45. The van der Waals surface area contributed by atoms with Crippen LogP contribution in [0.5, 0.6) is 0 Å². The van der Waals surface area contributed by atoms with Crippen molar-refractivity contribution in [3.8, 4) is 17.2 Å². The number of hydrogen-bond acceptors (Lipinski definition) is 3. The first-order valence-electron chi connectivity index (χ1n) is 8.81. The van der Waals surface area contributed by atoms with Gasteiger partial charge in [-0.2, -0.15) is 5.26 Å². The lowest BCUT2D eigenvalue weighted by atomic mass is 9.95. The fourth-order valence-electron chi connectivity index (χ4n) is 3.32. The first kappa shape index (κ1) is 17.7. The fourth-order valence-corrected chi connectivity index (χ4v) is 3.32. The van der Waals surface area contributed by atoms with E-state index in [1.54, 1.807) is 28.0 Å². The minimum absolute atomic E-state index is 0.0201. The van der Waals surface area contributed by atoms with Gasteiger partial charge in [-0.05, 0) is 31.0 Å². The molecule has 5 nitrogen and oxygen atoms in total. The van der Waals surface area contributed by atoms with E-state index in [1.165, 1.54) is 0 Å². The second kappa shape index (κ2) is 7.83. The maximum absolute atomic E-state index is 13.2. The van der Waals surface area contributed by atoms with E-state index < -0.39 is 0 Å². The number of nitriles is 1. The van der Waals surface area contributed by atoms with Crippen LogP contribution in [-0.4, -0.2) is 47.8 Å². The molecule has 26 heavy (non-hydrogen) atoms. The standard InChI is InChI=1S/C21H21N3O2/c1-2-23-12-7-13-24(15-20(23)25)21(26)19-11-6-5-10-18(19)17-9-4-3-8-16(17)14-22/h3-6,8-11H,2,7,12-13,15H2,1H3. The molecule has 0 aliphatic carbocycles.